The standard InChI is InChI=1S/C14H14N2O3/c1-9-3-2-6-16-12(9)8-19-13-7-10(14(17)18)4-5-11(13)15/h2-7H,8,15H2,1H3,(H,17,18). The molecular formula is C14H14N2O3. The number of rotatable bonds is 4. The number of hydrogen-bond acceptors (Lipinski definition) is 4. The molecule has 19 heavy (non-hydrogen) atoms. The summed E-state index contributed by atoms with van der Waals surface area (Å²) in [7, 11) is 0. The van der Waals surface area contributed by atoms with Crippen LogP contribution in [0.1, 0.15) is 21.6 Å². The summed E-state index contributed by atoms with van der Waals surface area (Å²) in [6, 6.07) is 8.15. The van der Waals surface area contributed by atoms with Crippen molar-refractivity contribution in [2.45, 2.75) is 13.5 Å². The molecule has 0 amide bonds. The van der Waals surface area contributed by atoms with Gasteiger partial charge in [0.15, 0.2) is 0 Å². The van der Waals surface area contributed by atoms with Gasteiger partial charge in [-0.1, -0.05) is 6.07 Å². The highest BCUT2D eigenvalue weighted by Gasteiger charge is 2.08. The monoisotopic (exact) mass is 258 g/mol. The largest absolute Gasteiger partial charge is 0.485 e. The summed E-state index contributed by atoms with van der Waals surface area (Å²) < 4.78 is 5.54. The van der Waals surface area contributed by atoms with Crippen molar-refractivity contribution in [3.05, 3.63) is 53.3 Å². The summed E-state index contributed by atoms with van der Waals surface area (Å²) in [6.45, 7) is 2.18. The van der Waals surface area contributed by atoms with E-state index in [1.807, 2.05) is 19.1 Å². The average molecular weight is 258 g/mol. The molecule has 0 spiro atoms. The van der Waals surface area contributed by atoms with Crippen LogP contribution < -0.4 is 10.5 Å². The first-order valence-electron chi connectivity index (χ1n) is 5.74. The summed E-state index contributed by atoms with van der Waals surface area (Å²) in [5.74, 6) is -0.663. The van der Waals surface area contributed by atoms with Gasteiger partial charge in [-0.2, -0.15) is 0 Å². The van der Waals surface area contributed by atoms with Gasteiger partial charge >= 0.3 is 5.97 Å². The average Bonchev–Trinajstić information content (AvgIpc) is 2.39. The minimum absolute atomic E-state index is 0.141. The Kier molecular flexibility index (Phi) is 3.66. The first-order valence-corrected chi connectivity index (χ1v) is 5.74. The third-order valence-corrected chi connectivity index (χ3v) is 2.74. The minimum atomic E-state index is -1.01. The maximum atomic E-state index is 10.9. The van der Waals surface area contributed by atoms with Crippen LogP contribution in [0.5, 0.6) is 5.75 Å². The number of pyridine rings is 1. The lowest BCUT2D eigenvalue weighted by Crippen LogP contribution is -2.04. The Labute approximate surface area is 110 Å². The smallest absolute Gasteiger partial charge is 0.335 e. The van der Waals surface area contributed by atoms with Crippen LogP contribution in [0.3, 0.4) is 0 Å². The van der Waals surface area contributed by atoms with Gasteiger partial charge in [0.1, 0.15) is 12.4 Å². The Balaban J connectivity index is 2.17. The zero-order valence-electron chi connectivity index (χ0n) is 10.5. The van der Waals surface area contributed by atoms with Gasteiger partial charge < -0.3 is 15.6 Å². The van der Waals surface area contributed by atoms with Gasteiger partial charge in [-0.15, -0.1) is 0 Å². The van der Waals surface area contributed by atoms with Crippen LogP contribution in [0, 0.1) is 6.92 Å². The van der Waals surface area contributed by atoms with Crippen LogP contribution in [-0.2, 0) is 6.61 Å². The van der Waals surface area contributed by atoms with E-state index in [-0.39, 0.29) is 12.2 Å². The van der Waals surface area contributed by atoms with Crippen molar-refractivity contribution in [2.75, 3.05) is 5.73 Å². The van der Waals surface area contributed by atoms with Crippen LogP contribution in [0.25, 0.3) is 0 Å². The predicted octanol–water partition coefficient (Wildman–Crippen LogP) is 2.25. The summed E-state index contributed by atoms with van der Waals surface area (Å²) in [5.41, 5.74) is 8.10. The number of aromatic carboxylic acids is 1. The molecule has 5 nitrogen and oxygen atoms in total. The molecule has 2 aromatic rings. The SMILES string of the molecule is Cc1cccnc1COc1cc(C(=O)O)ccc1N. The van der Waals surface area contributed by atoms with Crippen molar-refractivity contribution in [2.24, 2.45) is 0 Å². The van der Waals surface area contributed by atoms with E-state index in [9.17, 15) is 4.79 Å². The molecule has 2 rings (SSSR count). The molecule has 0 fully saturated rings. The molecule has 1 heterocycles. The summed E-state index contributed by atoms with van der Waals surface area (Å²) >= 11 is 0. The molecule has 1 aromatic carbocycles. The third-order valence-electron chi connectivity index (χ3n) is 2.74. The Hall–Kier alpha value is -2.56. The van der Waals surface area contributed by atoms with Crippen LogP contribution in [0.15, 0.2) is 36.5 Å². The molecule has 0 aliphatic carbocycles. The van der Waals surface area contributed by atoms with Crippen molar-refractivity contribution >= 4 is 11.7 Å². The Bertz CT molecular complexity index is 611. The zero-order chi connectivity index (χ0) is 13.8. The van der Waals surface area contributed by atoms with E-state index in [2.05, 4.69) is 4.98 Å². The highest BCUT2D eigenvalue weighted by molar-refractivity contribution is 5.89. The van der Waals surface area contributed by atoms with E-state index < -0.39 is 5.97 Å². The zero-order valence-corrected chi connectivity index (χ0v) is 10.5. The molecule has 98 valence electrons. The van der Waals surface area contributed by atoms with E-state index in [1.54, 1.807) is 6.20 Å². The second-order valence-electron chi connectivity index (χ2n) is 4.11. The fourth-order valence-corrected chi connectivity index (χ4v) is 1.61. The highest BCUT2D eigenvalue weighted by Crippen LogP contribution is 2.24. The second-order valence-corrected chi connectivity index (χ2v) is 4.11. The third kappa shape index (κ3) is 3.01. The maximum absolute atomic E-state index is 10.9. The number of carbonyl (C=O) groups is 1. The van der Waals surface area contributed by atoms with Crippen LogP contribution in [0.4, 0.5) is 5.69 Å². The number of carboxylic acids is 1. The topological polar surface area (TPSA) is 85.4 Å². The van der Waals surface area contributed by atoms with E-state index in [1.165, 1.54) is 18.2 Å². The molecule has 0 saturated heterocycles. The molecule has 1 aromatic heterocycles. The molecule has 0 aliphatic heterocycles. The van der Waals surface area contributed by atoms with Crippen molar-refractivity contribution in [3.8, 4) is 5.75 Å². The molecule has 0 radical (unpaired) electrons. The lowest BCUT2D eigenvalue weighted by atomic mass is 10.2. The van der Waals surface area contributed by atoms with Crippen molar-refractivity contribution in [1.82, 2.24) is 4.98 Å². The lowest BCUT2D eigenvalue weighted by molar-refractivity contribution is 0.0696. The second kappa shape index (κ2) is 5.39. The fourth-order valence-electron chi connectivity index (χ4n) is 1.61. The molecule has 0 aliphatic rings. The van der Waals surface area contributed by atoms with Gasteiger partial charge in [0.05, 0.1) is 16.9 Å². The molecule has 0 bridgehead atoms. The van der Waals surface area contributed by atoms with Gasteiger partial charge in [0, 0.05) is 6.20 Å². The number of aromatic nitrogens is 1. The highest BCUT2D eigenvalue weighted by atomic mass is 16.5. The number of anilines is 1. The Morgan fingerprint density at radius 1 is 1.42 bits per heavy atom. The summed E-state index contributed by atoms with van der Waals surface area (Å²) in [5, 5.41) is 8.92. The Morgan fingerprint density at radius 3 is 2.89 bits per heavy atom. The van der Waals surface area contributed by atoms with Crippen LogP contribution in [-0.4, -0.2) is 16.1 Å². The van der Waals surface area contributed by atoms with Crippen LogP contribution >= 0.6 is 0 Å². The lowest BCUT2D eigenvalue weighted by Gasteiger charge is -2.10. The molecule has 0 saturated carbocycles. The normalized spacial score (nSPS) is 10.2. The van der Waals surface area contributed by atoms with E-state index in [0.29, 0.717) is 11.4 Å². The van der Waals surface area contributed by atoms with Gasteiger partial charge in [0.25, 0.3) is 0 Å². The molecule has 0 unspecified atom stereocenters. The van der Waals surface area contributed by atoms with Crippen molar-refractivity contribution in [1.29, 1.82) is 0 Å². The first kappa shape index (κ1) is 12.9. The molecule has 0 atom stereocenters. The Morgan fingerprint density at radius 2 is 2.21 bits per heavy atom. The predicted molar refractivity (Wildman–Crippen MR) is 71.1 cm³/mol. The molecule has 3 N–H and O–H groups in total. The summed E-state index contributed by atoms with van der Waals surface area (Å²) in [4.78, 5) is 15.1. The van der Waals surface area contributed by atoms with Gasteiger partial charge in [-0.05, 0) is 36.8 Å². The first-order chi connectivity index (χ1) is 9.08. The summed E-state index contributed by atoms with van der Waals surface area (Å²) in [6.07, 6.45) is 1.68. The quantitative estimate of drug-likeness (QED) is 0.821. The number of carboxylic acid groups (broad SMARTS) is 1. The number of benzene rings is 1. The molecular weight excluding hydrogens is 244 g/mol. The van der Waals surface area contributed by atoms with E-state index in [4.69, 9.17) is 15.6 Å². The number of nitrogens with two attached hydrogens (primary N) is 1. The van der Waals surface area contributed by atoms with Gasteiger partial charge in [0.2, 0.25) is 0 Å². The van der Waals surface area contributed by atoms with E-state index in [0.717, 1.165) is 11.3 Å². The van der Waals surface area contributed by atoms with Gasteiger partial charge in [-0.25, -0.2) is 4.79 Å². The fraction of sp³-hybridized carbons (Fsp3) is 0.143. The van der Waals surface area contributed by atoms with Crippen LogP contribution in [0.2, 0.25) is 0 Å². The van der Waals surface area contributed by atoms with Crippen molar-refractivity contribution in [3.63, 3.8) is 0 Å². The number of nitrogen functional groups attached to an aromatic ring is 1. The number of ether oxygens (including phenoxy) is 1. The number of nitrogens with zero attached hydrogens (tertiary/aromatic N) is 1. The van der Waals surface area contributed by atoms with E-state index >= 15 is 0 Å². The van der Waals surface area contributed by atoms with Crippen molar-refractivity contribution < 1.29 is 14.6 Å². The maximum Gasteiger partial charge on any atom is 0.335 e. The number of aryl methyl sites for hydroxylation is 1. The minimum Gasteiger partial charge on any atom is -0.485 e. The van der Waals surface area contributed by atoms with Gasteiger partial charge in [-0.3, -0.25) is 4.98 Å². The molecule has 5 heteroatoms. The number of hydrogen-bond donors (Lipinski definition) is 2.